The Morgan fingerprint density at radius 3 is 1.78 bits per heavy atom. The van der Waals surface area contributed by atoms with Crippen LogP contribution in [0.1, 0.15) is 0 Å². The second-order valence-electron chi connectivity index (χ2n) is 11.8. The van der Waals surface area contributed by atoms with E-state index in [1.165, 1.54) is 59.8 Å². The van der Waals surface area contributed by atoms with Gasteiger partial charge in [-0.2, -0.15) is 0 Å². The molecule has 0 N–H and O–H groups in total. The Balaban J connectivity index is 1.37. The molecule has 0 fully saturated rings. The third-order valence-corrected chi connectivity index (χ3v) is 9.29. The van der Waals surface area contributed by atoms with E-state index >= 15 is 0 Å². The molecule has 3 nitrogen and oxygen atoms in total. The number of hydrogen-bond donors (Lipinski definition) is 0. The first-order valence-corrected chi connectivity index (χ1v) is 15.4. The second kappa shape index (κ2) is 9.22. The predicted octanol–water partition coefficient (Wildman–Crippen LogP) is 11.0. The van der Waals surface area contributed by atoms with Gasteiger partial charge in [-0.05, 0) is 69.4 Å². The second-order valence-corrected chi connectivity index (χ2v) is 11.8. The molecule has 3 heteroatoms. The number of aromatic nitrogens is 3. The van der Waals surface area contributed by atoms with Gasteiger partial charge in [0.05, 0.1) is 33.5 Å². The van der Waals surface area contributed by atoms with Gasteiger partial charge in [0, 0.05) is 33.0 Å². The average molecular weight is 572 g/mol. The smallest absolute Gasteiger partial charge is 0.0973 e. The molecule has 0 bridgehead atoms. The zero-order valence-electron chi connectivity index (χ0n) is 24.3. The minimum absolute atomic E-state index is 0.894. The lowest BCUT2D eigenvalue weighted by Gasteiger charge is -2.14. The molecule has 8 aromatic carbocycles. The highest BCUT2D eigenvalue weighted by atomic mass is 15.0. The van der Waals surface area contributed by atoms with E-state index < -0.39 is 0 Å². The first kappa shape index (κ1) is 24.4. The highest BCUT2D eigenvalue weighted by molar-refractivity contribution is 6.39. The summed E-state index contributed by atoms with van der Waals surface area (Å²) >= 11 is 0. The van der Waals surface area contributed by atoms with Gasteiger partial charge >= 0.3 is 0 Å². The summed E-state index contributed by atoms with van der Waals surface area (Å²) in [6, 6.07) is 54.0. The third kappa shape index (κ3) is 3.46. The van der Waals surface area contributed by atoms with Crippen molar-refractivity contribution in [2.24, 2.45) is 0 Å². The van der Waals surface area contributed by atoms with Crippen LogP contribution in [0.4, 0.5) is 0 Å². The SMILES string of the molecule is c1ccc(-c2nc3ccccc3nc2-c2ccc3cc4c5c(c3c2)c2ccccc2c2cccc(c25)n4-c2ccccc2)cc1. The Hall–Kier alpha value is -6.06. The van der Waals surface area contributed by atoms with Gasteiger partial charge in [0.1, 0.15) is 0 Å². The van der Waals surface area contributed by atoms with E-state index in [4.69, 9.17) is 9.97 Å². The summed E-state index contributed by atoms with van der Waals surface area (Å²) in [4.78, 5) is 10.4. The van der Waals surface area contributed by atoms with Crippen LogP contribution in [0, 0.1) is 0 Å². The Bertz CT molecular complexity index is 2740. The zero-order chi connectivity index (χ0) is 29.5. The van der Waals surface area contributed by atoms with Crippen molar-refractivity contribution in [3.8, 4) is 28.2 Å². The molecule has 10 aromatic rings. The fourth-order valence-electron chi connectivity index (χ4n) is 7.37. The monoisotopic (exact) mass is 571 g/mol. The average Bonchev–Trinajstić information content (AvgIpc) is 3.45. The van der Waals surface area contributed by atoms with Gasteiger partial charge in [-0.3, -0.25) is 0 Å². The van der Waals surface area contributed by atoms with E-state index in [0.717, 1.165) is 33.5 Å². The maximum Gasteiger partial charge on any atom is 0.0973 e. The van der Waals surface area contributed by atoms with Crippen LogP contribution in [0.2, 0.25) is 0 Å². The van der Waals surface area contributed by atoms with Gasteiger partial charge in [-0.1, -0.05) is 109 Å². The molecule has 208 valence electrons. The third-order valence-electron chi connectivity index (χ3n) is 9.29. The Morgan fingerprint density at radius 2 is 1.00 bits per heavy atom. The summed E-state index contributed by atoms with van der Waals surface area (Å²) in [5.74, 6) is 0. The van der Waals surface area contributed by atoms with Crippen molar-refractivity contribution in [2.45, 2.75) is 0 Å². The largest absolute Gasteiger partial charge is 0.309 e. The highest BCUT2D eigenvalue weighted by Gasteiger charge is 2.22. The summed E-state index contributed by atoms with van der Waals surface area (Å²) in [6.45, 7) is 0. The van der Waals surface area contributed by atoms with Crippen LogP contribution in [0.25, 0.3) is 93.4 Å². The van der Waals surface area contributed by atoms with Crippen molar-refractivity contribution >= 4 is 65.2 Å². The maximum atomic E-state index is 5.23. The molecule has 10 rings (SSSR count). The molecule has 0 radical (unpaired) electrons. The van der Waals surface area contributed by atoms with Crippen LogP contribution in [0.15, 0.2) is 152 Å². The van der Waals surface area contributed by atoms with Crippen LogP contribution in [-0.2, 0) is 0 Å². The molecule has 0 unspecified atom stereocenters. The van der Waals surface area contributed by atoms with E-state index in [2.05, 4.69) is 126 Å². The van der Waals surface area contributed by atoms with E-state index in [9.17, 15) is 0 Å². The first-order valence-electron chi connectivity index (χ1n) is 15.4. The van der Waals surface area contributed by atoms with Gasteiger partial charge in [-0.25, -0.2) is 9.97 Å². The van der Waals surface area contributed by atoms with Gasteiger partial charge in [0.25, 0.3) is 0 Å². The molecule has 0 atom stereocenters. The molecule has 2 aromatic heterocycles. The van der Waals surface area contributed by atoms with Crippen molar-refractivity contribution in [2.75, 3.05) is 0 Å². The van der Waals surface area contributed by atoms with Crippen LogP contribution in [0.3, 0.4) is 0 Å². The Labute approximate surface area is 259 Å². The van der Waals surface area contributed by atoms with Crippen molar-refractivity contribution in [3.63, 3.8) is 0 Å². The molecule has 0 spiro atoms. The lowest BCUT2D eigenvalue weighted by Crippen LogP contribution is -1.96. The number of hydrogen-bond acceptors (Lipinski definition) is 2. The molecule has 0 aliphatic heterocycles. The first-order chi connectivity index (χ1) is 22.3. The fraction of sp³-hybridized carbons (Fsp3) is 0. The molecule has 45 heavy (non-hydrogen) atoms. The van der Waals surface area contributed by atoms with E-state index in [0.29, 0.717) is 0 Å². The molecule has 0 amide bonds. The lowest BCUT2D eigenvalue weighted by atomic mass is 9.90. The molecule has 0 saturated heterocycles. The molecule has 2 heterocycles. The molecule has 0 saturated carbocycles. The molecular formula is C42H25N3. The maximum absolute atomic E-state index is 5.23. The zero-order valence-corrected chi connectivity index (χ0v) is 24.3. The van der Waals surface area contributed by atoms with Crippen LogP contribution in [-0.4, -0.2) is 14.5 Å². The summed E-state index contributed by atoms with van der Waals surface area (Å²) in [7, 11) is 0. The molecule has 0 aliphatic carbocycles. The quantitative estimate of drug-likeness (QED) is 0.198. The highest BCUT2D eigenvalue weighted by Crippen LogP contribution is 2.47. The normalized spacial score (nSPS) is 12.0. The molecular weight excluding hydrogens is 546 g/mol. The number of para-hydroxylation sites is 3. The minimum atomic E-state index is 0.894. The lowest BCUT2D eigenvalue weighted by molar-refractivity contribution is 1.18. The number of rotatable bonds is 3. The fourth-order valence-corrected chi connectivity index (χ4v) is 7.37. The van der Waals surface area contributed by atoms with E-state index in [1.807, 2.05) is 30.3 Å². The standard InChI is InChI=1S/C42H25N3/c1-3-12-26(13-4-1)41-42(44-35-20-10-9-19-34(35)43-41)28-23-22-27-25-37-40-38(33(27)24-28)31-17-8-7-16-30(31)32-18-11-21-36(39(32)40)45(37)29-14-5-2-6-15-29/h1-25H. The van der Waals surface area contributed by atoms with Gasteiger partial charge in [0.2, 0.25) is 0 Å². The summed E-state index contributed by atoms with van der Waals surface area (Å²) in [6.07, 6.45) is 0. The number of nitrogens with zero attached hydrogens (tertiary/aromatic N) is 3. The van der Waals surface area contributed by atoms with Gasteiger partial charge < -0.3 is 4.57 Å². The van der Waals surface area contributed by atoms with Gasteiger partial charge in [0.15, 0.2) is 0 Å². The van der Waals surface area contributed by atoms with E-state index in [-0.39, 0.29) is 0 Å². The topological polar surface area (TPSA) is 30.7 Å². The summed E-state index contributed by atoms with van der Waals surface area (Å²) in [5.41, 5.74) is 9.32. The number of benzene rings is 8. The van der Waals surface area contributed by atoms with Crippen molar-refractivity contribution in [1.82, 2.24) is 14.5 Å². The Morgan fingerprint density at radius 1 is 0.378 bits per heavy atom. The van der Waals surface area contributed by atoms with Crippen LogP contribution in [0.5, 0.6) is 0 Å². The van der Waals surface area contributed by atoms with Crippen molar-refractivity contribution < 1.29 is 0 Å². The van der Waals surface area contributed by atoms with Crippen LogP contribution >= 0.6 is 0 Å². The van der Waals surface area contributed by atoms with Crippen LogP contribution < -0.4 is 0 Å². The van der Waals surface area contributed by atoms with Crippen molar-refractivity contribution in [1.29, 1.82) is 0 Å². The van der Waals surface area contributed by atoms with E-state index in [1.54, 1.807) is 0 Å². The predicted molar refractivity (Wildman–Crippen MR) is 188 cm³/mol. The minimum Gasteiger partial charge on any atom is -0.309 e. The summed E-state index contributed by atoms with van der Waals surface area (Å²) < 4.78 is 2.43. The molecule has 0 aliphatic rings. The summed E-state index contributed by atoms with van der Waals surface area (Å²) in [5, 5.41) is 10.2. The van der Waals surface area contributed by atoms with Gasteiger partial charge in [-0.15, -0.1) is 0 Å². The van der Waals surface area contributed by atoms with Crippen molar-refractivity contribution in [3.05, 3.63) is 152 Å². The Kier molecular flexibility index (Phi) is 5.00. The number of fused-ring (bicyclic) bond motifs is 6.